The number of aromatic nitrogens is 1. The van der Waals surface area contributed by atoms with Gasteiger partial charge in [-0.1, -0.05) is 25.4 Å². The Balaban J connectivity index is 2.82. The fourth-order valence-corrected chi connectivity index (χ4v) is 1.76. The van der Waals surface area contributed by atoms with Crippen molar-refractivity contribution in [2.75, 3.05) is 5.73 Å². The highest BCUT2D eigenvalue weighted by molar-refractivity contribution is 6.32. The third-order valence-corrected chi connectivity index (χ3v) is 2.91. The zero-order valence-electron chi connectivity index (χ0n) is 10.00. The van der Waals surface area contributed by atoms with Crippen LogP contribution >= 0.6 is 11.6 Å². The molecule has 1 heterocycles. The van der Waals surface area contributed by atoms with Crippen molar-refractivity contribution in [3.05, 3.63) is 22.3 Å². The smallest absolute Gasteiger partial charge is 0.142 e. The molecule has 0 spiro atoms. The Morgan fingerprint density at radius 2 is 2.06 bits per heavy atom. The molecule has 0 unspecified atom stereocenters. The molecule has 0 aliphatic carbocycles. The summed E-state index contributed by atoms with van der Waals surface area (Å²) in [5, 5.41) is 10.4. The molecule has 3 nitrogen and oxygen atoms in total. The molecule has 90 valence electrons. The third kappa shape index (κ3) is 3.35. The van der Waals surface area contributed by atoms with Gasteiger partial charge in [-0.25, -0.2) is 4.98 Å². The Morgan fingerprint density at radius 1 is 1.44 bits per heavy atom. The van der Waals surface area contributed by atoms with Crippen LogP contribution in [0.1, 0.15) is 44.1 Å². The van der Waals surface area contributed by atoms with Gasteiger partial charge in [0.15, 0.2) is 0 Å². The summed E-state index contributed by atoms with van der Waals surface area (Å²) in [6.07, 6.45) is 1.19. The van der Waals surface area contributed by atoms with Crippen LogP contribution in [0.3, 0.4) is 0 Å². The van der Waals surface area contributed by atoms with Crippen molar-refractivity contribution in [2.45, 2.75) is 39.7 Å². The molecular formula is C12H19ClN2O. The Hall–Kier alpha value is -0.800. The van der Waals surface area contributed by atoms with Gasteiger partial charge in [-0.05, 0) is 31.7 Å². The van der Waals surface area contributed by atoms with E-state index in [9.17, 15) is 5.11 Å². The van der Waals surface area contributed by atoms with Crippen LogP contribution in [0, 0.1) is 12.8 Å². The summed E-state index contributed by atoms with van der Waals surface area (Å²) < 4.78 is 0. The normalized spacial score (nSPS) is 13.1. The molecule has 0 amide bonds. The van der Waals surface area contributed by atoms with Crippen LogP contribution in [0.25, 0.3) is 0 Å². The van der Waals surface area contributed by atoms with Gasteiger partial charge in [0.2, 0.25) is 0 Å². The summed E-state index contributed by atoms with van der Waals surface area (Å²) in [7, 11) is 0. The number of rotatable bonds is 4. The molecule has 0 saturated heterocycles. The second kappa shape index (κ2) is 5.51. The quantitative estimate of drug-likeness (QED) is 0.853. The minimum Gasteiger partial charge on any atom is -0.388 e. The van der Waals surface area contributed by atoms with E-state index >= 15 is 0 Å². The first-order chi connectivity index (χ1) is 7.41. The van der Waals surface area contributed by atoms with Crippen LogP contribution < -0.4 is 5.73 Å². The molecule has 16 heavy (non-hydrogen) atoms. The molecule has 0 fully saturated rings. The molecule has 1 atom stereocenters. The molecule has 0 radical (unpaired) electrons. The van der Waals surface area contributed by atoms with Crippen LogP contribution in [0.15, 0.2) is 6.07 Å². The van der Waals surface area contributed by atoms with Crippen molar-refractivity contribution in [3.8, 4) is 0 Å². The van der Waals surface area contributed by atoms with Gasteiger partial charge in [-0.2, -0.15) is 0 Å². The van der Waals surface area contributed by atoms with E-state index in [1.165, 1.54) is 0 Å². The van der Waals surface area contributed by atoms with Gasteiger partial charge in [0.1, 0.15) is 5.82 Å². The summed E-state index contributed by atoms with van der Waals surface area (Å²) in [6.45, 7) is 6.10. The van der Waals surface area contributed by atoms with E-state index in [-0.39, 0.29) is 0 Å². The first-order valence-corrected chi connectivity index (χ1v) is 5.90. The van der Waals surface area contributed by atoms with Crippen molar-refractivity contribution in [3.63, 3.8) is 0 Å². The highest BCUT2D eigenvalue weighted by Crippen LogP contribution is 2.27. The van der Waals surface area contributed by atoms with Crippen molar-refractivity contribution in [2.24, 2.45) is 5.92 Å². The van der Waals surface area contributed by atoms with Gasteiger partial charge in [-0.15, -0.1) is 0 Å². The van der Waals surface area contributed by atoms with Gasteiger partial charge in [0.05, 0.1) is 11.1 Å². The minimum absolute atomic E-state index is 0.318. The maximum atomic E-state index is 10.0. The van der Waals surface area contributed by atoms with E-state index in [1.807, 2.05) is 6.92 Å². The lowest BCUT2D eigenvalue weighted by atomic mass is 9.99. The van der Waals surface area contributed by atoms with E-state index in [0.29, 0.717) is 16.8 Å². The predicted molar refractivity (Wildman–Crippen MR) is 67.4 cm³/mol. The van der Waals surface area contributed by atoms with Gasteiger partial charge < -0.3 is 10.8 Å². The first-order valence-electron chi connectivity index (χ1n) is 5.52. The molecule has 0 aromatic carbocycles. The monoisotopic (exact) mass is 242 g/mol. The molecule has 3 N–H and O–H groups in total. The van der Waals surface area contributed by atoms with E-state index in [2.05, 4.69) is 18.8 Å². The zero-order chi connectivity index (χ0) is 12.3. The van der Waals surface area contributed by atoms with Crippen LogP contribution in [-0.4, -0.2) is 10.1 Å². The van der Waals surface area contributed by atoms with E-state index in [0.717, 1.165) is 24.1 Å². The number of nitrogens with two attached hydrogens (primary N) is 1. The van der Waals surface area contributed by atoms with Crippen molar-refractivity contribution in [1.29, 1.82) is 0 Å². The van der Waals surface area contributed by atoms with Gasteiger partial charge in [-0.3, -0.25) is 0 Å². The lowest BCUT2D eigenvalue weighted by Gasteiger charge is -2.15. The van der Waals surface area contributed by atoms with E-state index < -0.39 is 6.10 Å². The second-order valence-corrected chi connectivity index (χ2v) is 4.92. The van der Waals surface area contributed by atoms with Gasteiger partial charge in [0, 0.05) is 11.3 Å². The first kappa shape index (κ1) is 13.3. The number of nitrogen functional groups attached to an aromatic ring is 1. The van der Waals surface area contributed by atoms with Gasteiger partial charge in [0.25, 0.3) is 0 Å². The number of aliphatic hydroxyl groups is 1. The zero-order valence-corrected chi connectivity index (χ0v) is 10.8. The van der Waals surface area contributed by atoms with E-state index in [4.69, 9.17) is 17.3 Å². The lowest BCUT2D eigenvalue weighted by molar-refractivity contribution is 0.158. The SMILES string of the molecule is Cc1nc(N)c(Cl)cc1[C@@H](O)CCC(C)C. The summed E-state index contributed by atoms with van der Waals surface area (Å²) >= 11 is 5.89. The summed E-state index contributed by atoms with van der Waals surface area (Å²) in [5.41, 5.74) is 7.11. The van der Waals surface area contributed by atoms with Crippen LogP contribution in [0.2, 0.25) is 5.02 Å². The maximum absolute atomic E-state index is 10.0. The van der Waals surface area contributed by atoms with E-state index in [1.54, 1.807) is 6.07 Å². The standard InChI is InChI=1S/C12H19ClN2O/c1-7(2)4-5-11(16)9-6-10(13)12(14)15-8(9)3/h6-7,11,16H,4-5H2,1-3H3,(H2,14,15)/t11-/m0/s1. The fraction of sp³-hybridized carbons (Fsp3) is 0.583. The highest BCUT2D eigenvalue weighted by Gasteiger charge is 2.14. The molecule has 1 aromatic rings. The van der Waals surface area contributed by atoms with Crippen LogP contribution in [-0.2, 0) is 0 Å². The predicted octanol–water partition coefficient (Wildman–Crippen LogP) is 3.10. The van der Waals surface area contributed by atoms with Crippen LogP contribution in [0.4, 0.5) is 5.82 Å². The summed E-state index contributed by atoms with van der Waals surface area (Å²) in [6, 6.07) is 1.71. The molecule has 4 heteroatoms. The lowest BCUT2D eigenvalue weighted by Crippen LogP contribution is -2.05. The maximum Gasteiger partial charge on any atom is 0.142 e. The third-order valence-electron chi connectivity index (χ3n) is 2.61. The number of anilines is 1. The second-order valence-electron chi connectivity index (χ2n) is 4.52. The average molecular weight is 243 g/mol. The number of halogens is 1. The Bertz CT molecular complexity index is 366. The molecule has 0 aliphatic heterocycles. The number of hydrogen-bond donors (Lipinski definition) is 2. The molecule has 0 bridgehead atoms. The summed E-state index contributed by atoms with van der Waals surface area (Å²) in [5.74, 6) is 0.895. The fourth-order valence-electron chi connectivity index (χ4n) is 1.60. The number of aryl methyl sites for hydroxylation is 1. The Labute approximate surface area is 102 Å². The number of hydrogen-bond acceptors (Lipinski definition) is 3. The Kier molecular flexibility index (Phi) is 4.56. The number of nitrogens with zero attached hydrogens (tertiary/aromatic N) is 1. The van der Waals surface area contributed by atoms with Crippen molar-refractivity contribution in [1.82, 2.24) is 4.98 Å². The molecule has 0 saturated carbocycles. The molecule has 0 aliphatic rings. The Morgan fingerprint density at radius 3 is 2.62 bits per heavy atom. The van der Waals surface area contributed by atoms with Gasteiger partial charge >= 0.3 is 0 Å². The number of aliphatic hydroxyl groups excluding tert-OH is 1. The molecule has 1 rings (SSSR count). The molecule has 1 aromatic heterocycles. The minimum atomic E-state index is -0.506. The van der Waals surface area contributed by atoms with Crippen LogP contribution in [0.5, 0.6) is 0 Å². The molecular weight excluding hydrogens is 224 g/mol. The highest BCUT2D eigenvalue weighted by atomic mass is 35.5. The average Bonchev–Trinajstić information content (AvgIpc) is 2.20. The summed E-state index contributed by atoms with van der Waals surface area (Å²) in [4.78, 5) is 4.11. The number of pyridine rings is 1. The van der Waals surface area contributed by atoms with Crippen molar-refractivity contribution < 1.29 is 5.11 Å². The largest absolute Gasteiger partial charge is 0.388 e. The van der Waals surface area contributed by atoms with Crippen molar-refractivity contribution >= 4 is 17.4 Å². The topological polar surface area (TPSA) is 59.1 Å².